The Bertz CT molecular complexity index is 843. The summed E-state index contributed by atoms with van der Waals surface area (Å²) in [6, 6.07) is 7.08. The molecule has 128 valence electrons. The number of amides is 2. The summed E-state index contributed by atoms with van der Waals surface area (Å²) >= 11 is 0. The average Bonchev–Trinajstić information content (AvgIpc) is 2.62. The Hall–Kier alpha value is -3.33. The van der Waals surface area contributed by atoms with E-state index >= 15 is 0 Å². The number of nitrogens with zero attached hydrogens (tertiary/aromatic N) is 2. The third-order valence-electron chi connectivity index (χ3n) is 3.86. The predicted molar refractivity (Wildman–Crippen MR) is 92.8 cm³/mol. The van der Waals surface area contributed by atoms with Crippen LogP contribution in [0.2, 0.25) is 0 Å². The summed E-state index contributed by atoms with van der Waals surface area (Å²) in [5.74, 6) is 0.0138. The molecule has 0 unspecified atom stereocenters. The van der Waals surface area contributed by atoms with Gasteiger partial charge in [0.25, 0.3) is 11.8 Å². The van der Waals surface area contributed by atoms with Gasteiger partial charge in [0.15, 0.2) is 11.5 Å². The summed E-state index contributed by atoms with van der Waals surface area (Å²) in [6.45, 7) is 5.18. The average molecular weight is 338 g/mol. The monoisotopic (exact) mass is 338 g/mol. The Balaban J connectivity index is 2.59. The van der Waals surface area contributed by atoms with E-state index in [0.717, 1.165) is 4.90 Å². The molecule has 0 fully saturated rings. The molecule has 1 aliphatic heterocycles. The zero-order chi connectivity index (χ0) is 18.6. The second-order valence-corrected chi connectivity index (χ2v) is 5.29. The Kier molecular flexibility index (Phi) is 5.40. The molecule has 1 aromatic rings. The summed E-state index contributed by atoms with van der Waals surface area (Å²) in [5, 5.41) is 9.28. The highest BCUT2D eigenvalue weighted by molar-refractivity contribution is 6.19. The van der Waals surface area contributed by atoms with E-state index in [2.05, 4.69) is 6.58 Å². The first-order valence-corrected chi connectivity index (χ1v) is 7.50. The minimum atomic E-state index is -0.602. The number of hydrogen-bond donors (Lipinski definition) is 0. The maximum absolute atomic E-state index is 12.7. The van der Waals surface area contributed by atoms with Gasteiger partial charge in [-0.25, -0.2) is 0 Å². The van der Waals surface area contributed by atoms with Crippen LogP contribution in [0.15, 0.2) is 47.6 Å². The lowest BCUT2D eigenvalue weighted by atomic mass is 9.93. The van der Waals surface area contributed by atoms with Crippen LogP contribution in [0.25, 0.3) is 6.08 Å². The highest BCUT2D eigenvalue weighted by Gasteiger charge is 2.34. The maximum Gasteiger partial charge on any atom is 0.271 e. The van der Waals surface area contributed by atoms with Crippen LogP contribution in [0, 0.1) is 11.3 Å². The van der Waals surface area contributed by atoms with Crippen molar-refractivity contribution in [2.24, 2.45) is 0 Å². The molecule has 0 aromatic heterocycles. The topological polar surface area (TPSA) is 79.6 Å². The third kappa shape index (κ3) is 3.31. The van der Waals surface area contributed by atoms with Crippen LogP contribution in [0.4, 0.5) is 0 Å². The fourth-order valence-corrected chi connectivity index (χ4v) is 2.53. The normalized spacial score (nSPS) is 16.1. The van der Waals surface area contributed by atoms with Gasteiger partial charge >= 0.3 is 0 Å². The SMILES string of the molecule is C=CCN1C(=O)C(C#N)=C(C)/C(=C\c2ccc(OC)c(OC)c2)C1=O. The van der Waals surface area contributed by atoms with Crippen molar-refractivity contribution in [2.75, 3.05) is 20.8 Å². The molecule has 0 aliphatic carbocycles. The van der Waals surface area contributed by atoms with Gasteiger partial charge in [0.2, 0.25) is 0 Å². The molecule has 0 bridgehead atoms. The number of nitriles is 1. The van der Waals surface area contributed by atoms with Crippen LogP contribution in [-0.4, -0.2) is 37.5 Å². The summed E-state index contributed by atoms with van der Waals surface area (Å²) < 4.78 is 10.4. The smallest absolute Gasteiger partial charge is 0.271 e. The highest BCUT2D eigenvalue weighted by atomic mass is 16.5. The predicted octanol–water partition coefficient (Wildman–Crippen LogP) is 2.48. The number of benzene rings is 1. The van der Waals surface area contributed by atoms with E-state index < -0.39 is 11.8 Å². The van der Waals surface area contributed by atoms with Gasteiger partial charge in [0.1, 0.15) is 11.6 Å². The molecule has 25 heavy (non-hydrogen) atoms. The molecule has 6 nitrogen and oxygen atoms in total. The lowest BCUT2D eigenvalue weighted by molar-refractivity contribution is -0.139. The number of hydrogen-bond acceptors (Lipinski definition) is 5. The second-order valence-electron chi connectivity index (χ2n) is 5.29. The molecule has 0 saturated heterocycles. The number of carbonyl (C=O) groups excluding carboxylic acids is 2. The molecule has 1 aromatic carbocycles. The summed E-state index contributed by atoms with van der Waals surface area (Å²) in [4.78, 5) is 25.9. The van der Waals surface area contributed by atoms with Crippen LogP contribution >= 0.6 is 0 Å². The molecule has 6 heteroatoms. The Labute approximate surface area is 146 Å². The molecule has 2 rings (SSSR count). The lowest BCUT2D eigenvalue weighted by Gasteiger charge is -2.26. The molecule has 1 heterocycles. The van der Waals surface area contributed by atoms with Crippen LogP contribution in [0.1, 0.15) is 12.5 Å². The third-order valence-corrected chi connectivity index (χ3v) is 3.86. The number of carbonyl (C=O) groups is 2. The molecule has 0 N–H and O–H groups in total. The minimum absolute atomic E-state index is 0.0411. The van der Waals surface area contributed by atoms with Crippen LogP contribution < -0.4 is 9.47 Å². The Morgan fingerprint density at radius 1 is 1.20 bits per heavy atom. The molecular formula is C19H18N2O4. The van der Waals surface area contributed by atoms with Crippen molar-refractivity contribution in [3.05, 3.63) is 53.1 Å². The zero-order valence-electron chi connectivity index (χ0n) is 14.3. The first-order valence-electron chi connectivity index (χ1n) is 7.50. The fourth-order valence-electron chi connectivity index (χ4n) is 2.53. The van der Waals surface area contributed by atoms with E-state index in [9.17, 15) is 14.9 Å². The standard InChI is InChI=1S/C19H18N2O4/c1-5-8-21-18(22)14(12(2)15(11-20)19(21)23)9-13-6-7-16(24-3)17(10-13)25-4/h5-7,9-10H,1,8H2,2-4H3/b14-9+. The van der Waals surface area contributed by atoms with Crippen molar-refractivity contribution < 1.29 is 19.1 Å². The van der Waals surface area contributed by atoms with E-state index in [1.807, 2.05) is 6.07 Å². The summed E-state index contributed by atoms with van der Waals surface area (Å²) in [7, 11) is 3.05. The quantitative estimate of drug-likeness (QED) is 0.468. The van der Waals surface area contributed by atoms with Gasteiger partial charge in [-0.05, 0) is 36.3 Å². The largest absolute Gasteiger partial charge is 0.493 e. The maximum atomic E-state index is 12.7. The number of methoxy groups -OCH3 is 2. The van der Waals surface area contributed by atoms with Crippen molar-refractivity contribution >= 4 is 17.9 Å². The van der Waals surface area contributed by atoms with Crippen LogP contribution in [0.3, 0.4) is 0 Å². The van der Waals surface area contributed by atoms with E-state index in [4.69, 9.17) is 9.47 Å². The van der Waals surface area contributed by atoms with E-state index in [1.54, 1.807) is 31.2 Å². The van der Waals surface area contributed by atoms with E-state index in [-0.39, 0.29) is 17.7 Å². The number of imide groups is 1. The highest BCUT2D eigenvalue weighted by Crippen LogP contribution is 2.31. The number of rotatable bonds is 5. The molecule has 0 radical (unpaired) electrons. The number of ether oxygens (including phenoxy) is 2. The summed E-state index contributed by atoms with van der Waals surface area (Å²) in [5.41, 5.74) is 1.27. The van der Waals surface area contributed by atoms with E-state index in [1.165, 1.54) is 20.3 Å². The first-order chi connectivity index (χ1) is 12.0. The Morgan fingerprint density at radius 3 is 2.44 bits per heavy atom. The van der Waals surface area contributed by atoms with Gasteiger partial charge in [0.05, 0.1) is 14.2 Å². The zero-order valence-corrected chi connectivity index (χ0v) is 14.3. The van der Waals surface area contributed by atoms with Gasteiger partial charge in [0, 0.05) is 12.1 Å². The molecule has 0 saturated carbocycles. The van der Waals surface area contributed by atoms with E-state index in [0.29, 0.717) is 22.6 Å². The van der Waals surface area contributed by atoms with Gasteiger partial charge in [-0.1, -0.05) is 12.1 Å². The van der Waals surface area contributed by atoms with Crippen molar-refractivity contribution in [1.29, 1.82) is 5.26 Å². The second kappa shape index (κ2) is 7.49. The summed E-state index contributed by atoms with van der Waals surface area (Å²) in [6.07, 6.45) is 3.07. The fraction of sp³-hybridized carbons (Fsp3) is 0.211. The van der Waals surface area contributed by atoms with Crippen molar-refractivity contribution in [2.45, 2.75) is 6.92 Å². The van der Waals surface area contributed by atoms with Crippen LogP contribution in [0.5, 0.6) is 11.5 Å². The van der Waals surface area contributed by atoms with Crippen LogP contribution in [-0.2, 0) is 9.59 Å². The first kappa shape index (κ1) is 18.0. The van der Waals surface area contributed by atoms with Gasteiger partial charge in [-0.3, -0.25) is 14.5 Å². The minimum Gasteiger partial charge on any atom is -0.493 e. The molecule has 1 aliphatic rings. The molecule has 0 atom stereocenters. The lowest BCUT2D eigenvalue weighted by Crippen LogP contribution is -2.42. The van der Waals surface area contributed by atoms with Crippen molar-refractivity contribution in [3.63, 3.8) is 0 Å². The van der Waals surface area contributed by atoms with Crippen molar-refractivity contribution in [1.82, 2.24) is 4.90 Å². The Morgan fingerprint density at radius 2 is 1.88 bits per heavy atom. The van der Waals surface area contributed by atoms with Gasteiger partial charge in [-0.2, -0.15) is 5.26 Å². The van der Waals surface area contributed by atoms with Gasteiger partial charge < -0.3 is 9.47 Å². The molecule has 2 amide bonds. The molecular weight excluding hydrogens is 320 g/mol. The van der Waals surface area contributed by atoms with Crippen molar-refractivity contribution in [3.8, 4) is 17.6 Å². The molecule has 0 spiro atoms. The van der Waals surface area contributed by atoms with Gasteiger partial charge in [-0.15, -0.1) is 6.58 Å².